The quantitative estimate of drug-likeness (QED) is 0.702. The van der Waals surface area contributed by atoms with Crippen molar-refractivity contribution in [3.63, 3.8) is 0 Å². The van der Waals surface area contributed by atoms with Gasteiger partial charge in [0.05, 0.1) is 6.61 Å². The number of carbonyl (C=O) groups is 1. The first-order valence-corrected chi connectivity index (χ1v) is 9.41. The van der Waals surface area contributed by atoms with E-state index in [1.807, 2.05) is 50.8 Å². The molecule has 0 saturated carbocycles. The highest BCUT2D eigenvalue weighted by atomic mass is 79.9. The highest BCUT2D eigenvalue weighted by Crippen LogP contribution is 2.27. The van der Waals surface area contributed by atoms with Crippen LogP contribution < -0.4 is 4.74 Å². The average molecular weight is 398 g/mol. The van der Waals surface area contributed by atoms with Crippen LogP contribution in [0, 0.1) is 12.8 Å². The average Bonchev–Trinajstić information content (AvgIpc) is 2.50. The smallest absolute Gasteiger partial charge is 0.410 e. The SMILES string of the molecule is Cc1c(Br)cccc1OCC[C@H]1CCCN(C(=O)OC(C)(C)C)C1. The summed E-state index contributed by atoms with van der Waals surface area (Å²) in [6, 6.07) is 5.99. The summed E-state index contributed by atoms with van der Waals surface area (Å²) >= 11 is 3.52. The van der Waals surface area contributed by atoms with E-state index in [1.165, 1.54) is 0 Å². The van der Waals surface area contributed by atoms with Crippen LogP contribution in [0.2, 0.25) is 0 Å². The van der Waals surface area contributed by atoms with Crippen molar-refractivity contribution in [2.24, 2.45) is 5.92 Å². The molecule has 1 aromatic carbocycles. The van der Waals surface area contributed by atoms with E-state index in [-0.39, 0.29) is 6.09 Å². The van der Waals surface area contributed by atoms with Crippen LogP contribution in [0.3, 0.4) is 0 Å². The molecule has 0 aromatic heterocycles. The Morgan fingerprint density at radius 1 is 1.38 bits per heavy atom. The van der Waals surface area contributed by atoms with Gasteiger partial charge in [-0.1, -0.05) is 22.0 Å². The van der Waals surface area contributed by atoms with Crippen LogP contribution in [0.4, 0.5) is 4.79 Å². The second kappa shape index (κ2) is 8.24. The van der Waals surface area contributed by atoms with Crippen molar-refractivity contribution < 1.29 is 14.3 Å². The van der Waals surface area contributed by atoms with Crippen molar-refractivity contribution >= 4 is 22.0 Å². The fourth-order valence-electron chi connectivity index (χ4n) is 2.87. The van der Waals surface area contributed by atoms with E-state index in [2.05, 4.69) is 15.9 Å². The Labute approximate surface area is 153 Å². The molecule has 4 nitrogen and oxygen atoms in total. The number of halogens is 1. The number of carbonyl (C=O) groups excluding carboxylic acids is 1. The second-order valence-corrected chi connectivity index (χ2v) is 8.29. The summed E-state index contributed by atoms with van der Waals surface area (Å²) in [5.41, 5.74) is 0.683. The molecule has 0 spiro atoms. The first-order valence-electron chi connectivity index (χ1n) is 8.62. The zero-order valence-corrected chi connectivity index (χ0v) is 16.7. The van der Waals surface area contributed by atoms with Crippen LogP contribution in [0.25, 0.3) is 0 Å². The van der Waals surface area contributed by atoms with E-state index in [1.54, 1.807) is 0 Å². The Bertz CT molecular complexity index is 568. The fraction of sp³-hybridized carbons (Fsp3) is 0.632. The normalized spacial score (nSPS) is 18.4. The lowest BCUT2D eigenvalue weighted by molar-refractivity contribution is 0.0154. The van der Waals surface area contributed by atoms with Crippen molar-refractivity contribution in [3.05, 3.63) is 28.2 Å². The van der Waals surface area contributed by atoms with Crippen LogP contribution in [-0.2, 0) is 4.74 Å². The van der Waals surface area contributed by atoms with Gasteiger partial charge in [-0.05, 0) is 65.0 Å². The number of hydrogen-bond acceptors (Lipinski definition) is 3. The molecule has 0 unspecified atom stereocenters. The Balaban J connectivity index is 1.81. The molecule has 5 heteroatoms. The lowest BCUT2D eigenvalue weighted by atomic mass is 9.95. The molecule has 1 heterocycles. The molecule has 1 aliphatic heterocycles. The lowest BCUT2D eigenvalue weighted by Crippen LogP contribution is -2.43. The van der Waals surface area contributed by atoms with Crippen molar-refractivity contribution in [3.8, 4) is 5.75 Å². The van der Waals surface area contributed by atoms with Gasteiger partial charge in [-0.15, -0.1) is 0 Å². The zero-order chi connectivity index (χ0) is 17.7. The molecule has 1 aromatic rings. The molecule has 0 N–H and O–H groups in total. The molecule has 1 amide bonds. The maximum atomic E-state index is 12.2. The molecular weight excluding hydrogens is 370 g/mol. The van der Waals surface area contributed by atoms with E-state index < -0.39 is 5.60 Å². The van der Waals surface area contributed by atoms with Gasteiger partial charge in [-0.25, -0.2) is 4.79 Å². The summed E-state index contributed by atoms with van der Waals surface area (Å²) in [6.07, 6.45) is 2.92. The minimum Gasteiger partial charge on any atom is -0.493 e. The van der Waals surface area contributed by atoms with E-state index in [9.17, 15) is 4.79 Å². The minimum absolute atomic E-state index is 0.198. The Kier molecular flexibility index (Phi) is 6.55. The predicted molar refractivity (Wildman–Crippen MR) is 99.5 cm³/mol. The second-order valence-electron chi connectivity index (χ2n) is 7.43. The number of hydrogen-bond donors (Lipinski definition) is 0. The molecule has 2 rings (SSSR count). The predicted octanol–water partition coefficient (Wildman–Crippen LogP) is 5.17. The third-order valence-electron chi connectivity index (χ3n) is 4.17. The zero-order valence-electron chi connectivity index (χ0n) is 15.1. The number of likely N-dealkylation sites (tertiary alicyclic amines) is 1. The van der Waals surface area contributed by atoms with Gasteiger partial charge in [0, 0.05) is 23.1 Å². The van der Waals surface area contributed by atoms with Crippen LogP contribution in [-0.4, -0.2) is 36.3 Å². The third kappa shape index (κ3) is 5.69. The van der Waals surface area contributed by atoms with Crippen LogP contribution in [0.1, 0.15) is 45.6 Å². The number of amides is 1. The van der Waals surface area contributed by atoms with E-state index >= 15 is 0 Å². The molecule has 1 aliphatic rings. The van der Waals surface area contributed by atoms with Crippen molar-refractivity contribution in [1.29, 1.82) is 0 Å². The molecule has 0 aliphatic carbocycles. The van der Waals surface area contributed by atoms with Crippen molar-refractivity contribution in [1.82, 2.24) is 4.90 Å². The Morgan fingerprint density at radius 3 is 2.83 bits per heavy atom. The van der Waals surface area contributed by atoms with Gasteiger partial charge in [-0.3, -0.25) is 0 Å². The lowest BCUT2D eigenvalue weighted by Gasteiger charge is -2.34. The summed E-state index contributed by atoms with van der Waals surface area (Å²) in [6.45, 7) is 9.97. The van der Waals surface area contributed by atoms with Crippen LogP contribution in [0.5, 0.6) is 5.75 Å². The largest absolute Gasteiger partial charge is 0.493 e. The fourth-order valence-corrected chi connectivity index (χ4v) is 3.22. The van der Waals surface area contributed by atoms with Crippen molar-refractivity contribution in [2.75, 3.05) is 19.7 Å². The molecule has 0 bridgehead atoms. The molecule has 24 heavy (non-hydrogen) atoms. The molecule has 1 atom stereocenters. The number of nitrogens with zero attached hydrogens (tertiary/aromatic N) is 1. The highest BCUT2D eigenvalue weighted by molar-refractivity contribution is 9.10. The van der Waals surface area contributed by atoms with E-state index in [0.717, 1.165) is 48.1 Å². The maximum Gasteiger partial charge on any atom is 0.410 e. The molecule has 134 valence electrons. The molecular formula is C19H28BrNO3. The van der Waals surface area contributed by atoms with Gasteiger partial charge in [0.2, 0.25) is 0 Å². The molecule has 1 saturated heterocycles. The van der Waals surface area contributed by atoms with Gasteiger partial charge < -0.3 is 14.4 Å². The standard InChI is InChI=1S/C19H28BrNO3/c1-14-16(20)8-5-9-17(14)23-12-10-15-7-6-11-21(13-15)18(22)24-19(2,3)4/h5,8-9,15H,6-7,10-13H2,1-4H3/t15-/m1/s1. The monoisotopic (exact) mass is 397 g/mol. The Hall–Kier alpha value is -1.23. The summed E-state index contributed by atoms with van der Waals surface area (Å²) in [5, 5.41) is 0. The van der Waals surface area contributed by atoms with Gasteiger partial charge in [-0.2, -0.15) is 0 Å². The van der Waals surface area contributed by atoms with E-state index in [0.29, 0.717) is 12.5 Å². The minimum atomic E-state index is -0.439. The van der Waals surface area contributed by atoms with E-state index in [4.69, 9.17) is 9.47 Å². The van der Waals surface area contributed by atoms with Gasteiger partial charge in [0.1, 0.15) is 11.4 Å². The number of piperidine rings is 1. The molecule has 0 radical (unpaired) electrons. The number of rotatable bonds is 4. The topological polar surface area (TPSA) is 38.8 Å². The summed E-state index contributed by atoms with van der Waals surface area (Å²) in [7, 11) is 0. The molecule has 1 fully saturated rings. The first-order chi connectivity index (χ1) is 11.3. The summed E-state index contributed by atoms with van der Waals surface area (Å²) < 4.78 is 12.5. The summed E-state index contributed by atoms with van der Waals surface area (Å²) in [5.74, 6) is 1.39. The summed E-state index contributed by atoms with van der Waals surface area (Å²) in [4.78, 5) is 14.0. The highest BCUT2D eigenvalue weighted by Gasteiger charge is 2.27. The number of ether oxygens (including phenoxy) is 2. The van der Waals surface area contributed by atoms with Crippen LogP contribution >= 0.6 is 15.9 Å². The van der Waals surface area contributed by atoms with Gasteiger partial charge in [0.25, 0.3) is 0 Å². The van der Waals surface area contributed by atoms with Gasteiger partial charge in [0.15, 0.2) is 0 Å². The van der Waals surface area contributed by atoms with Gasteiger partial charge >= 0.3 is 6.09 Å². The maximum absolute atomic E-state index is 12.2. The number of benzene rings is 1. The van der Waals surface area contributed by atoms with Crippen molar-refractivity contribution in [2.45, 2.75) is 52.6 Å². The Morgan fingerprint density at radius 2 is 2.12 bits per heavy atom. The first kappa shape index (κ1) is 19.1. The third-order valence-corrected chi connectivity index (χ3v) is 5.03. The van der Waals surface area contributed by atoms with Crippen LogP contribution in [0.15, 0.2) is 22.7 Å².